The fraction of sp³-hybridized carbons (Fsp3) is 0.150. The molecule has 1 aliphatic rings. The molecular weight excluding hydrogens is 344 g/mol. The number of carbonyl (C=O) groups excluding carboxylic acids is 1. The molecule has 0 saturated heterocycles. The Balaban J connectivity index is 1.50. The molecule has 2 heterocycles. The number of nitrogens with one attached hydrogen (secondary N) is 2. The van der Waals surface area contributed by atoms with E-state index in [-0.39, 0.29) is 11.8 Å². The molecular formula is C20H18N4OS+. The summed E-state index contributed by atoms with van der Waals surface area (Å²) in [6.45, 7) is 2.02. The predicted molar refractivity (Wildman–Crippen MR) is 106 cm³/mol. The zero-order valence-corrected chi connectivity index (χ0v) is 15.1. The van der Waals surface area contributed by atoms with Crippen molar-refractivity contribution < 1.29 is 4.79 Å². The maximum absolute atomic E-state index is 12.7. The molecule has 1 aromatic heterocycles. The Hall–Kier alpha value is -2.99. The van der Waals surface area contributed by atoms with Crippen LogP contribution < -0.4 is 15.6 Å². The van der Waals surface area contributed by atoms with Gasteiger partial charge in [0.1, 0.15) is 0 Å². The molecule has 1 radical (unpaired) electrons. The van der Waals surface area contributed by atoms with E-state index in [4.69, 9.17) is 0 Å². The first-order chi connectivity index (χ1) is 12.7. The van der Waals surface area contributed by atoms with Crippen LogP contribution in [0.2, 0.25) is 0 Å². The summed E-state index contributed by atoms with van der Waals surface area (Å²) in [4.78, 5) is 21.6. The number of hydrogen-bond acceptors (Lipinski definition) is 5. The first-order valence-electron chi connectivity index (χ1n) is 8.48. The minimum absolute atomic E-state index is 0.00251. The van der Waals surface area contributed by atoms with Crippen LogP contribution in [0.3, 0.4) is 0 Å². The van der Waals surface area contributed by atoms with Crippen LogP contribution >= 0.6 is 11.3 Å². The number of amidine groups is 1. The van der Waals surface area contributed by atoms with Gasteiger partial charge in [0, 0.05) is 17.1 Å². The molecule has 1 amide bonds. The lowest BCUT2D eigenvalue weighted by molar-refractivity contribution is -0.117. The van der Waals surface area contributed by atoms with E-state index in [0.29, 0.717) is 0 Å². The second kappa shape index (κ2) is 7.09. The first-order valence-corrected chi connectivity index (χ1v) is 9.43. The highest BCUT2D eigenvalue weighted by Gasteiger charge is 2.28. The zero-order valence-electron chi connectivity index (χ0n) is 14.3. The van der Waals surface area contributed by atoms with Gasteiger partial charge in [0.15, 0.2) is 11.4 Å². The van der Waals surface area contributed by atoms with Crippen LogP contribution in [0, 0.1) is 0 Å². The van der Waals surface area contributed by atoms with Gasteiger partial charge in [0.25, 0.3) is 0 Å². The number of thiazole rings is 1. The van der Waals surface area contributed by atoms with Gasteiger partial charge in [0.05, 0.1) is 11.4 Å². The smallest absolute Gasteiger partial charge is 0.325 e. The number of carbonyl (C=O) groups is 1. The molecule has 2 aromatic carbocycles. The third kappa shape index (κ3) is 3.23. The average molecular weight is 362 g/mol. The molecule has 4 rings (SSSR count). The number of anilines is 2. The van der Waals surface area contributed by atoms with Crippen LogP contribution in [0.5, 0.6) is 0 Å². The SMILES string of the molecule is CCC(C(=O)Nc1ccc2c(c1)NC(c1cscn1)=[N+]2)c1ccccc1. The van der Waals surface area contributed by atoms with Crippen molar-refractivity contribution in [1.82, 2.24) is 9.98 Å². The molecule has 1 aliphatic heterocycles. The minimum atomic E-state index is -0.167. The molecule has 2 N–H and O–H groups in total. The van der Waals surface area contributed by atoms with Crippen molar-refractivity contribution in [3.63, 3.8) is 0 Å². The predicted octanol–water partition coefficient (Wildman–Crippen LogP) is 4.12. The number of amides is 1. The number of aromatic nitrogens is 1. The molecule has 0 saturated carbocycles. The molecule has 5 nitrogen and oxygen atoms in total. The molecule has 0 bridgehead atoms. The molecule has 1 unspecified atom stereocenters. The van der Waals surface area contributed by atoms with E-state index in [1.165, 1.54) is 11.3 Å². The van der Waals surface area contributed by atoms with E-state index in [1.807, 2.05) is 60.8 Å². The van der Waals surface area contributed by atoms with Crippen molar-refractivity contribution >= 4 is 40.1 Å². The van der Waals surface area contributed by atoms with Gasteiger partial charge in [0.2, 0.25) is 11.6 Å². The highest BCUT2D eigenvalue weighted by molar-refractivity contribution is 7.07. The van der Waals surface area contributed by atoms with Crippen molar-refractivity contribution in [3.05, 3.63) is 70.7 Å². The van der Waals surface area contributed by atoms with E-state index in [1.54, 1.807) is 5.51 Å². The molecule has 0 fully saturated rings. The third-order valence-electron chi connectivity index (χ3n) is 4.35. The Morgan fingerprint density at radius 3 is 2.85 bits per heavy atom. The van der Waals surface area contributed by atoms with Crippen LogP contribution in [-0.4, -0.2) is 16.7 Å². The van der Waals surface area contributed by atoms with Gasteiger partial charge in [-0.2, -0.15) is 0 Å². The highest BCUT2D eigenvalue weighted by Crippen LogP contribution is 2.30. The summed E-state index contributed by atoms with van der Waals surface area (Å²) in [6, 6.07) is 15.6. The van der Waals surface area contributed by atoms with Crippen molar-refractivity contribution in [2.45, 2.75) is 19.3 Å². The van der Waals surface area contributed by atoms with Crippen molar-refractivity contribution in [1.29, 1.82) is 0 Å². The second-order valence-electron chi connectivity index (χ2n) is 6.05. The van der Waals surface area contributed by atoms with E-state index >= 15 is 0 Å². The highest BCUT2D eigenvalue weighted by atomic mass is 32.1. The molecule has 6 heteroatoms. The maximum Gasteiger partial charge on any atom is 0.348 e. The molecule has 26 heavy (non-hydrogen) atoms. The third-order valence-corrected chi connectivity index (χ3v) is 4.94. The van der Waals surface area contributed by atoms with Crippen molar-refractivity contribution in [3.8, 4) is 0 Å². The van der Waals surface area contributed by atoms with Gasteiger partial charge in [-0.15, -0.1) is 11.3 Å². The van der Waals surface area contributed by atoms with E-state index in [2.05, 4.69) is 20.6 Å². The van der Waals surface area contributed by atoms with Crippen molar-refractivity contribution in [2.75, 3.05) is 10.6 Å². The van der Waals surface area contributed by atoms with Crippen LogP contribution in [0.15, 0.2) is 59.4 Å². The van der Waals surface area contributed by atoms with Crippen LogP contribution in [-0.2, 0) is 4.79 Å². The summed E-state index contributed by atoms with van der Waals surface area (Å²) in [5.74, 6) is 0.567. The average Bonchev–Trinajstić information content (AvgIpc) is 3.32. The van der Waals surface area contributed by atoms with E-state index in [0.717, 1.165) is 40.6 Å². The molecule has 0 aliphatic carbocycles. The van der Waals surface area contributed by atoms with Gasteiger partial charge in [-0.3, -0.25) is 4.79 Å². The second-order valence-corrected chi connectivity index (χ2v) is 6.77. The number of benzene rings is 2. The van der Waals surface area contributed by atoms with Gasteiger partial charge in [-0.25, -0.2) is 10.3 Å². The lowest BCUT2D eigenvalue weighted by atomic mass is 9.95. The molecule has 1 atom stereocenters. The van der Waals surface area contributed by atoms with Crippen LogP contribution in [0.25, 0.3) is 0 Å². The normalized spacial score (nSPS) is 13.5. The summed E-state index contributed by atoms with van der Waals surface area (Å²) < 4.78 is 0. The topological polar surface area (TPSA) is 68.1 Å². The number of fused-ring (bicyclic) bond motifs is 1. The Labute approximate surface area is 155 Å². The number of aliphatic imine (C=N–C) groups is 1. The Bertz CT molecular complexity index is 951. The zero-order chi connectivity index (χ0) is 17.9. The van der Waals surface area contributed by atoms with Gasteiger partial charge < -0.3 is 5.32 Å². The molecule has 129 valence electrons. The Morgan fingerprint density at radius 2 is 2.12 bits per heavy atom. The fourth-order valence-electron chi connectivity index (χ4n) is 3.03. The van der Waals surface area contributed by atoms with Crippen LogP contribution in [0.4, 0.5) is 17.1 Å². The first kappa shape index (κ1) is 16.5. The Morgan fingerprint density at radius 1 is 1.27 bits per heavy atom. The number of nitrogens with zero attached hydrogens (tertiary/aromatic N) is 2. The quantitative estimate of drug-likeness (QED) is 0.717. The fourth-order valence-corrected chi connectivity index (χ4v) is 3.56. The molecule has 0 spiro atoms. The van der Waals surface area contributed by atoms with Gasteiger partial charge in [-0.1, -0.05) is 37.3 Å². The summed E-state index contributed by atoms with van der Waals surface area (Å²) in [5.41, 5.74) is 6.11. The maximum atomic E-state index is 12.7. The lowest BCUT2D eigenvalue weighted by Crippen LogP contribution is -2.20. The van der Waals surface area contributed by atoms with Crippen LogP contribution in [0.1, 0.15) is 30.5 Å². The molecule has 3 aromatic rings. The van der Waals surface area contributed by atoms with Gasteiger partial charge >= 0.3 is 5.84 Å². The number of hydrogen-bond donors (Lipinski definition) is 2. The van der Waals surface area contributed by atoms with E-state index in [9.17, 15) is 4.79 Å². The number of rotatable bonds is 5. The summed E-state index contributed by atoms with van der Waals surface area (Å²) in [7, 11) is 0. The van der Waals surface area contributed by atoms with E-state index < -0.39 is 0 Å². The monoisotopic (exact) mass is 362 g/mol. The minimum Gasteiger partial charge on any atom is -0.325 e. The summed E-state index contributed by atoms with van der Waals surface area (Å²) in [5, 5.41) is 8.25. The van der Waals surface area contributed by atoms with Crippen molar-refractivity contribution in [2.24, 2.45) is 0 Å². The Kier molecular flexibility index (Phi) is 4.50. The summed E-state index contributed by atoms with van der Waals surface area (Å²) in [6.07, 6.45) is 0.746. The van der Waals surface area contributed by atoms with Gasteiger partial charge in [-0.05, 0) is 29.1 Å². The summed E-state index contributed by atoms with van der Waals surface area (Å²) >= 11 is 1.53. The largest absolute Gasteiger partial charge is 0.348 e. The standard InChI is InChI=1S/C20H18N4OS/c1-2-15(13-6-4-3-5-7-13)20(25)22-14-8-9-16-17(10-14)24-19(23-16)18-11-26-12-21-18/h3-12,15,24H,2H2,1H3,(H,22,25)/q+1. The lowest BCUT2D eigenvalue weighted by Gasteiger charge is -2.15.